The monoisotopic (exact) mass is 248 g/mol. The number of carboxylic acid groups (broad SMARTS) is 1. The highest BCUT2D eigenvalue weighted by Crippen LogP contribution is 2.24. The average molecular weight is 248 g/mol. The van der Waals surface area contributed by atoms with Crippen LogP contribution in [0.25, 0.3) is 11.1 Å². The van der Waals surface area contributed by atoms with E-state index in [9.17, 15) is 9.18 Å². The van der Waals surface area contributed by atoms with Crippen LogP contribution in [0.1, 0.15) is 12.1 Å². The van der Waals surface area contributed by atoms with Gasteiger partial charge in [-0.05, 0) is 17.7 Å². The topological polar surface area (TPSA) is 55.1 Å². The van der Waals surface area contributed by atoms with Crippen LogP contribution < -0.4 is 0 Å². The molecule has 0 aliphatic rings. The predicted molar refractivity (Wildman–Crippen MR) is 64.6 cm³/mol. The molecule has 0 unspecified atom stereocenters. The quantitative estimate of drug-likeness (QED) is 0.902. The summed E-state index contributed by atoms with van der Waals surface area (Å²) in [6.07, 6.45) is 2.12. The highest BCUT2D eigenvalue weighted by molar-refractivity contribution is 5.69. The smallest absolute Gasteiger partial charge is 0.303 e. The van der Waals surface area contributed by atoms with Crippen molar-refractivity contribution in [2.45, 2.75) is 12.8 Å². The first-order valence-electron chi connectivity index (χ1n) is 5.56. The van der Waals surface area contributed by atoms with E-state index in [1.165, 1.54) is 12.1 Å². The Morgan fingerprint density at radius 1 is 1.39 bits per heavy atom. The molecule has 0 fully saturated rings. The zero-order valence-corrected chi connectivity index (χ0v) is 9.93. The van der Waals surface area contributed by atoms with E-state index in [0.717, 1.165) is 16.8 Å². The molecule has 1 aromatic heterocycles. The van der Waals surface area contributed by atoms with Crippen LogP contribution in [0.15, 0.2) is 30.5 Å². The first kappa shape index (κ1) is 12.3. The minimum atomic E-state index is -0.846. The summed E-state index contributed by atoms with van der Waals surface area (Å²) in [5, 5.41) is 12.8. The third-order valence-electron chi connectivity index (χ3n) is 2.79. The van der Waals surface area contributed by atoms with Crippen LogP contribution in [-0.4, -0.2) is 20.9 Å². The molecule has 1 N–H and O–H groups in total. The molecule has 0 radical (unpaired) electrons. The molecule has 2 rings (SSSR count). The molecular weight excluding hydrogens is 235 g/mol. The second-order valence-electron chi connectivity index (χ2n) is 4.03. The summed E-state index contributed by atoms with van der Waals surface area (Å²) >= 11 is 0. The fourth-order valence-corrected chi connectivity index (χ4v) is 1.86. The van der Waals surface area contributed by atoms with Crippen molar-refractivity contribution >= 4 is 5.97 Å². The van der Waals surface area contributed by atoms with Gasteiger partial charge in [0.05, 0.1) is 12.6 Å². The molecule has 4 nitrogen and oxygen atoms in total. The zero-order chi connectivity index (χ0) is 13.1. The van der Waals surface area contributed by atoms with E-state index in [-0.39, 0.29) is 12.2 Å². The molecule has 2 aromatic rings. The number of aliphatic carboxylic acids is 1. The van der Waals surface area contributed by atoms with E-state index in [1.807, 2.05) is 0 Å². The molecular formula is C13H13FN2O2. The summed E-state index contributed by atoms with van der Waals surface area (Å²) in [5.41, 5.74) is 2.52. The summed E-state index contributed by atoms with van der Waals surface area (Å²) in [5.74, 6) is -1.14. The van der Waals surface area contributed by atoms with Crippen LogP contribution in [0.3, 0.4) is 0 Å². The van der Waals surface area contributed by atoms with Crippen LogP contribution in [0, 0.1) is 5.82 Å². The molecule has 94 valence electrons. The second-order valence-corrected chi connectivity index (χ2v) is 4.03. The molecule has 0 spiro atoms. The number of hydrogen-bond donors (Lipinski definition) is 1. The van der Waals surface area contributed by atoms with Gasteiger partial charge < -0.3 is 5.11 Å². The van der Waals surface area contributed by atoms with Gasteiger partial charge in [-0.15, -0.1) is 0 Å². The van der Waals surface area contributed by atoms with Gasteiger partial charge >= 0.3 is 5.97 Å². The van der Waals surface area contributed by atoms with E-state index in [4.69, 9.17) is 5.11 Å². The number of nitrogens with zero attached hydrogens (tertiary/aromatic N) is 2. The lowest BCUT2D eigenvalue weighted by molar-refractivity contribution is -0.136. The van der Waals surface area contributed by atoms with Crippen LogP contribution >= 0.6 is 0 Å². The average Bonchev–Trinajstić information content (AvgIpc) is 2.69. The standard InChI is InChI=1S/C13H13FN2O2/c1-16-12(6-7-13(17)18)11(8-15-16)9-2-4-10(14)5-3-9/h2-5,8H,6-7H2,1H3,(H,17,18). The maximum atomic E-state index is 12.9. The van der Waals surface area contributed by atoms with Gasteiger partial charge in [0.2, 0.25) is 0 Å². The van der Waals surface area contributed by atoms with Crippen LogP contribution in [0.5, 0.6) is 0 Å². The van der Waals surface area contributed by atoms with Crippen molar-refractivity contribution in [1.29, 1.82) is 0 Å². The van der Waals surface area contributed by atoms with Crippen molar-refractivity contribution in [2.75, 3.05) is 0 Å². The Labute approximate surface area is 104 Å². The fraction of sp³-hybridized carbons (Fsp3) is 0.231. The maximum absolute atomic E-state index is 12.9. The summed E-state index contributed by atoms with van der Waals surface area (Å²) in [4.78, 5) is 10.6. The number of hydrogen-bond acceptors (Lipinski definition) is 2. The van der Waals surface area contributed by atoms with Gasteiger partial charge in [-0.2, -0.15) is 5.10 Å². The van der Waals surface area contributed by atoms with Crippen LogP contribution in [-0.2, 0) is 18.3 Å². The molecule has 0 saturated heterocycles. The van der Waals surface area contributed by atoms with E-state index >= 15 is 0 Å². The van der Waals surface area contributed by atoms with Gasteiger partial charge in [0.15, 0.2) is 0 Å². The first-order chi connectivity index (χ1) is 8.58. The Balaban J connectivity index is 2.33. The number of benzene rings is 1. The van der Waals surface area contributed by atoms with Gasteiger partial charge in [0.25, 0.3) is 0 Å². The molecule has 18 heavy (non-hydrogen) atoms. The Kier molecular flexibility index (Phi) is 3.41. The number of carbonyl (C=O) groups is 1. The van der Waals surface area contributed by atoms with Crippen LogP contribution in [0.4, 0.5) is 4.39 Å². The molecule has 0 bridgehead atoms. The van der Waals surface area contributed by atoms with Gasteiger partial charge in [0.1, 0.15) is 5.82 Å². The van der Waals surface area contributed by atoms with Crippen molar-refractivity contribution in [3.63, 3.8) is 0 Å². The van der Waals surface area contributed by atoms with Gasteiger partial charge in [-0.3, -0.25) is 9.48 Å². The van der Waals surface area contributed by atoms with E-state index < -0.39 is 5.97 Å². The molecule has 1 aromatic carbocycles. The first-order valence-corrected chi connectivity index (χ1v) is 5.56. The summed E-state index contributed by atoms with van der Waals surface area (Å²) < 4.78 is 14.5. The number of rotatable bonds is 4. The highest BCUT2D eigenvalue weighted by Gasteiger charge is 2.12. The number of aryl methyl sites for hydroxylation is 1. The van der Waals surface area contributed by atoms with Crippen LogP contribution in [0.2, 0.25) is 0 Å². The van der Waals surface area contributed by atoms with Crippen molar-refractivity contribution < 1.29 is 14.3 Å². The van der Waals surface area contributed by atoms with E-state index in [0.29, 0.717) is 6.42 Å². The lowest BCUT2D eigenvalue weighted by Gasteiger charge is -2.05. The zero-order valence-electron chi connectivity index (χ0n) is 9.93. The Bertz CT molecular complexity index is 561. The van der Waals surface area contributed by atoms with Gasteiger partial charge in [0, 0.05) is 24.7 Å². The largest absolute Gasteiger partial charge is 0.481 e. The van der Waals surface area contributed by atoms with Crippen molar-refractivity contribution in [3.8, 4) is 11.1 Å². The maximum Gasteiger partial charge on any atom is 0.303 e. The minimum Gasteiger partial charge on any atom is -0.481 e. The van der Waals surface area contributed by atoms with E-state index in [1.54, 1.807) is 30.1 Å². The fourth-order valence-electron chi connectivity index (χ4n) is 1.86. The highest BCUT2D eigenvalue weighted by atomic mass is 19.1. The third-order valence-corrected chi connectivity index (χ3v) is 2.79. The number of carboxylic acids is 1. The lowest BCUT2D eigenvalue weighted by atomic mass is 10.0. The molecule has 1 heterocycles. The molecule has 0 aliphatic heterocycles. The summed E-state index contributed by atoms with van der Waals surface area (Å²) in [7, 11) is 1.77. The summed E-state index contributed by atoms with van der Waals surface area (Å²) in [6.45, 7) is 0. The SMILES string of the molecule is Cn1ncc(-c2ccc(F)cc2)c1CCC(=O)O. The van der Waals surface area contributed by atoms with E-state index in [2.05, 4.69) is 5.10 Å². The third kappa shape index (κ3) is 2.56. The summed E-state index contributed by atoms with van der Waals surface area (Å²) in [6, 6.07) is 6.08. The second kappa shape index (κ2) is 5.00. The minimum absolute atomic E-state index is 0.0493. The van der Waals surface area contributed by atoms with Gasteiger partial charge in [-0.1, -0.05) is 12.1 Å². The van der Waals surface area contributed by atoms with Gasteiger partial charge in [-0.25, -0.2) is 4.39 Å². The van der Waals surface area contributed by atoms with Crippen molar-refractivity contribution in [2.24, 2.45) is 7.05 Å². The number of halogens is 1. The Morgan fingerprint density at radius 3 is 2.67 bits per heavy atom. The molecule has 0 aliphatic carbocycles. The molecule has 0 atom stereocenters. The lowest BCUT2D eigenvalue weighted by Crippen LogP contribution is -2.04. The normalized spacial score (nSPS) is 10.6. The molecule has 0 amide bonds. The molecule has 5 heteroatoms. The molecule has 0 saturated carbocycles. The van der Waals surface area contributed by atoms with Crippen molar-refractivity contribution in [3.05, 3.63) is 42.0 Å². The Morgan fingerprint density at radius 2 is 2.06 bits per heavy atom. The number of aromatic nitrogens is 2. The predicted octanol–water partition coefficient (Wildman–Crippen LogP) is 2.24. The van der Waals surface area contributed by atoms with Crippen molar-refractivity contribution in [1.82, 2.24) is 9.78 Å². The Hall–Kier alpha value is -2.17.